The van der Waals surface area contributed by atoms with Crippen molar-refractivity contribution in [1.29, 1.82) is 0 Å². The number of rotatable bonds is 4. The molecule has 1 aliphatic heterocycles. The Morgan fingerprint density at radius 3 is 2.15 bits per heavy atom. The van der Waals surface area contributed by atoms with E-state index in [1.54, 1.807) is 28.6 Å². The van der Waals surface area contributed by atoms with Crippen LogP contribution in [0.1, 0.15) is 31.2 Å². The lowest BCUT2D eigenvalue weighted by Crippen LogP contribution is -2.31. The molecule has 2 aromatic rings. The third-order valence-electron chi connectivity index (χ3n) is 4.71. The van der Waals surface area contributed by atoms with Gasteiger partial charge in [-0.2, -0.15) is 4.31 Å². The zero-order valence-electron chi connectivity index (χ0n) is 15.4. The van der Waals surface area contributed by atoms with Gasteiger partial charge in [-0.15, -0.1) is 0 Å². The van der Waals surface area contributed by atoms with Crippen molar-refractivity contribution in [2.45, 2.75) is 37.5 Å². The number of aryl methyl sites for hydroxylation is 1. The minimum absolute atomic E-state index is 0.259. The highest BCUT2D eigenvalue weighted by atomic mass is 32.2. The van der Waals surface area contributed by atoms with E-state index in [-0.39, 0.29) is 10.9 Å². The summed E-state index contributed by atoms with van der Waals surface area (Å²) in [4.78, 5) is 12.4. The number of nitrogens with one attached hydrogen (secondary N) is 2. The van der Waals surface area contributed by atoms with Crippen LogP contribution in [0.25, 0.3) is 0 Å². The Bertz CT molecular complexity index is 887. The highest BCUT2D eigenvalue weighted by molar-refractivity contribution is 7.89. The molecule has 0 bridgehead atoms. The first kappa shape index (κ1) is 19.4. The van der Waals surface area contributed by atoms with Crippen LogP contribution < -0.4 is 10.6 Å². The molecule has 144 valence electrons. The van der Waals surface area contributed by atoms with Crippen molar-refractivity contribution in [3.8, 4) is 0 Å². The number of hydrogen-bond donors (Lipinski definition) is 2. The molecule has 0 radical (unpaired) electrons. The van der Waals surface area contributed by atoms with E-state index in [1.807, 2.05) is 31.2 Å². The first-order chi connectivity index (χ1) is 13.0. The SMILES string of the molecule is Cc1ccccc1NC(=O)Nc1ccc(S(=O)(=O)N2CCCCCC2)cc1. The molecule has 1 fully saturated rings. The Morgan fingerprint density at radius 2 is 1.52 bits per heavy atom. The summed E-state index contributed by atoms with van der Waals surface area (Å²) in [6.45, 7) is 3.06. The van der Waals surface area contributed by atoms with Crippen LogP contribution in [0.5, 0.6) is 0 Å². The Balaban J connectivity index is 1.66. The summed E-state index contributed by atoms with van der Waals surface area (Å²) in [5.41, 5.74) is 2.23. The Hall–Kier alpha value is -2.38. The lowest BCUT2D eigenvalue weighted by molar-refractivity contribution is 0.262. The Kier molecular flexibility index (Phi) is 6.13. The van der Waals surface area contributed by atoms with Crippen molar-refractivity contribution in [2.75, 3.05) is 23.7 Å². The minimum atomic E-state index is -3.48. The van der Waals surface area contributed by atoms with E-state index in [2.05, 4.69) is 10.6 Å². The van der Waals surface area contributed by atoms with Crippen LogP contribution >= 0.6 is 0 Å². The second-order valence-electron chi connectivity index (χ2n) is 6.74. The van der Waals surface area contributed by atoms with Gasteiger partial charge in [-0.25, -0.2) is 13.2 Å². The van der Waals surface area contributed by atoms with Gasteiger partial charge in [0, 0.05) is 24.5 Å². The summed E-state index contributed by atoms with van der Waals surface area (Å²) in [6.07, 6.45) is 3.95. The van der Waals surface area contributed by atoms with Gasteiger partial charge in [-0.1, -0.05) is 31.0 Å². The molecular weight excluding hydrogens is 362 g/mol. The van der Waals surface area contributed by atoms with E-state index >= 15 is 0 Å². The number of amides is 2. The Labute approximate surface area is 160 Å². The molecule has 0 unspecified atom stereocenters. The number of sulfonamides is 1. The Morgan fingerprint density at radius 1 is 0.889 bits per heavy atom. The molecule has 3 rings (SSSR count). The maximum atomic E-state index is 12.8. The van der Waals surface area contributed by atoms with Crippen molar-refractivity contribution in [2.24, 2.45) is 0 Å². The summed E-state index contributed by atoms with van der Waals surface area (Å²) >= 11 is 0. The van der Waals surface area contributed by atoms with E-state index in [1.165, 1.54) is 0 Å². The first-order valence-electron chi connectivity index (χ1n) is 9.21. The molecule has 0 aliphatic carbocycles. The maximum Gasteiger partial charge on any atom is 0.323 e. The van der Waals surface area contributed by atoms with E-state index in [0.29, 0.717) is 18.8 Å². The molecule has 1 saturated heterocycles. The number of anilines is 2. The van der Waals surface area contributed by atoms with Gasteiger partial charge in [0.05, 0.1) is 4.90 Å². The number of nitrogens with zero attached hydrogens (tertiary/aromatic N) is 1. The monoisotopic (exact) mass is 387 g/mol. The van der Waals surface area contributed by atoms with Crippen LogP contribution in [0, 0.1) is 6.92 Å². The number of urea groups is 1. The lowest BCUT2D eigenvalue weighted by atomic mass is 10.2. The van der Waals surface area contributed by atoms with Crippen LogP contribution in [-0.4, -0.2) is 31.8 Å². The van der Waals surface area contributed by atoms with Gasteiger partial charge in [0.1, 0.15) is 0 Å². The zero-order chi connectivity index (χ0) is 19.3. The summed E-state index contributed by atoms with van der Waals surface area (Å²) in [5, 5.41) is 5.51. The van der Waals surface area contributed by atoms with Gasteiger partial charge in [0.15, 0.2) is 0 Å². The fourth-order valence-electron chi connectivity index (χ4n) is 3.14. The summed E-state index contributed by atoms with van der Waals surface area (Å²) < 4.78 is 27.1. The molecule has 7 heteroatoms. The van der Waals surface area contributed by atoms with E-state index in [9.17, 15) is 13.2 Å². The lowest BCUT2D eigenvalue weighted by Gasteiger charge is -2.20. The summed E-state index contributed by atoms with van der Waals surface area (Å²) in [7, 11) is -3.48. The number of carbonyl (C=O) groups excluding carboxylic acids is 1. The predicted octanol–water partition coefficient (Wildman–Crippen LogP) is 4.20. The topological polar surface area (TPSA) is 78.5 Å². The fourth-order valence-corrected chi connectivity index (χ4v) is 4.66. The number of carbonyl (C=O) groups is 1. The highest BCUT2D eigenvalue weighted by Gasteiger charge is 2.24. The molecule has 0 atom stereocenters. The van der Waals surface area contributed by atoms with Crippen molar-refractivity contribution >= 4 is 27.4 Å². The largest absolute Gasteiger partial charge is 0.323 e. The molecular formula is C20H25N3O3S. The normalized spacial score (nSPS) is 15.7. The fraction of sp³-hybridized carbons (Fsp3) is 0.350. The van der Waals surface area contributed by atoms with Crippen molar-refractivity contribution in [3.05, 3.63) is 54.1 Å². The smallest absolute Gasteiger partial charge is 0.308 e. The highest BCUT2D eigenvalue weighted by Crippen LogP contribution is 2.22. The molecule has 0 spiro atoms. The van der Waals surface area contributed by atoms with Gasteiger partial charge < -0.3 is 10.6 Å². The van der Waals surface area contributed by atoms with Crippen LogP contribution in [0.4, 0.5) is 16.2 Å². The van der Waals surface area contributed by atoms with Crippen LogP contribution in [0.2, 0.25) is 0 Å². The molecule has 0 aromatic heterocycles. The first-order valence-corrected chi connectivity index (χ1v) is 10.6. The quantitative estimate of drug-likeness (QED) is 0.825. The average molecular weight is 388 g/mol. The number of hydrogen-bond acceptors (Lipinski definition) is 3. The van der Waals surface area contributed by atoms with Crippen molar-refractivity contribution in [3.63, 3.8) is 0 Å². The van der Waals surface area contributed by atoms with Crippen molar-refractivity contribution in [1.82, 2.24) is 4.31 Å². The van der Waals surface area contributed by atoms with Gasteiger partial charge in [-0.3, -0.25) is 0 Å². The predicted molar refractivity (Wildman–Crippen MR) is 107 cm³/mol. The molecule has 2 N–H and O–H groups in total. The van der Waals surface area contributed by atoms with Crippen LogP contribution in [0.15, 0.2) is 53.4 Å². The van der Waals surface area contributed by atoms with E-state index in [0.717, 1.165) is 36.9 Å². The van der Waals surface area contributed by atoms with E-state index in [4.69, 9.17) is 0 Å². The number of para-hydroxylation sites is 1. The van der Waals surface area contributed by atoms with Crippen molar-refractivity contribution < 1.29 is 13.2 Å². The molecule has 2 amide bonds. The molecule has 1 heterocycles. The molecule has 27 heavy (non-hydrogen) atoms. The average Bonchev–Trinajstić information content (AvgIpc) is 2.94. The number of benzene rings is 2. The third kappa shape index (κ3) is 4.87. The van der Waals surface area contributed by atoms with Gasteiger partial charge >= 0.3 is 6.03 Å². The van der Waals surface area contributed by atoms with Gasteiger partial charge in [0.25, 0.3) is 0 Å². The van der Waals surface area contributed by atoms with E-state index < -0.39 is 10.0 Å². The van der Waals surface area contributed by atoms with Crippen LogP contribution in [-0.2, 0) is 10.0 Å². The van der Waals surface area contributed by atoms with Crippen LogP contribution in [0.3, 0.4) is 0 Å². The zero-order valence-corrected chi connectivity index (χ0v) is 16.3. The third-order valence-corrected chi connectivity index (χ3v) is 6.62. The second kappa shape index (κ2) is 8.54. The van der Waals surface area contributed by atoms with Gasteiger partial charge in [0.2, 0.25) is 10.0 Å². The molecule has 6 nitrogen and oxygen atoms in total. The standard InChI is InChI=1S/C20H25N3O3S/c1-16-8-4-5-9-19(16)22-20(24)21-17-10-12-18(13-11-17)27(25,26)23-14-6-2-3-7-15-23/h4-5,8-13H,2-3,6-7,14-15H2,1H3,(H2,21,22,24). The molecule has 1 aliphatic rings. The molecule has 2 aromatic carbocycles. The maximum absolute atomic E-state index is 12.8. The summed E-state index contributed by atoms with van der Waals surface area (Å²) in [6, 6.07) is 13.4. The minimum Gasteiger partial charge on any atom is -0.308 e. The molecule has 0 saturated carbocycles. The second-order valence-corrected chi connectivity index (χ2v) is 8.67. The van der Waals surface area contributed by atoms with Gasteiger partial charge in [-0.05, 0) is 55.7 Å². The summed E-state index contributed by atoms with van der Waals surface area (Å²) in [5.74, 6) is 0.